The molecule has 1 aromatic rings. The second-order valence-electron chi connectivity index (χ2n) is 4.46. The van der Waals surface area contributed by atoms with E-state index in [0.29, 0.717) is 0 Å². The maximum absolute atomic E-state index is 2.28. The zero-order valence-corrected chi connectivity index (χ0v) is 10.4. The highest BCUT2D eigenvalue weighted by Gasteiger charge is 2.05. The minimum atomic E-state index is 1.04. The number of nitrogens with one attached hydrogen (secondary N) is 1. The number of quaternary nitrogens is 1. The van der Waals surface area contributed by atoms with E-state index in [1.165, 1.54) is 16.2 Å². The Morgan fingerprint density at radius 1 is 1.47 bits per heavy atom. The minimum absolute atomic E-state index is 1.04. The molecule has 0 radical (unpaired) electrons. The van der Waals surface area contributed by atoms with Crippen molar-refractivity contribution in [2.24, 2.45) is 7.05 Å². The van der Waals surface area contributed by atoms with Crippen molar-refractivity contribution in [1.82, 2.24) is 9.47 Å². The van der Waals surface area contributed by atoms with Crippen molar-refractivity contribution in [2.45, 2.75) is 0 Å². The van der Waals surface area contributed by atoms with Crippen LogP contribution in [0.5, 0.6) is 0 Å². The molecule has 0 saturated heterocycles. The van der Waals surface area contributed by atoms with E-state index >= 15 is 0 Å². The summed E-state index contributed by atoms with van der Waals surface area (Å²) in [4.78, 5) is 3.60. The molecule has 0 aliphatic rings. The lowest BCUT2D eigenvalue weighted by Crippen LogP contribution is -3.05. The monoisotopic (exact) mass is 208 g/mol. The Hall–Kier alpha value is -1.22. The van der Waals surface area contributed by atoms with E-state index < -0.39 is 0 Å². The van der Waals surface area contributed by atoms with Crippen LogP contribution in [0.2, 0.25) is 0 Å². The number of hydrogen-bond acceptors (Lipinski definition) is 1. The summed E-state index contributed by atoms with van der Waals surface area (Å²) in [5.41, 5.74) is 2.57. The lowest BCUT2D eigenvalue weighted by molar-refractivity contribution is -0.851. The Balaban J connectivity index is 2.88. The van der Waals surface area contributed by atoms with Crippen LogP contribution in [0.4, 0.5) is 0 Å². The van der Waals surface area contributed by atoms with Crippen LogP contribution in [0.15, 0.2) is 24.5 Å². The van der Waals surface area contributed by atoms with E-state index in [4.69, 9.17) is 0 Å². The number of nitrogens with zero attached hydrogens (tertiary/aromatic N) is 2. The lowest BCUT2D eigenvalue weighted by Gasteiger charge is -2.16. The molecule has 0 amide bonds. The second kappa shape index (κ2) is 5.03. The molecule has 1 rings (SSSR count). The Bertz CT molecular complexity index is 334. The highest BCUT2D eigenvalue weighted by Crippen LogP contribution is 2.15. The van der Waals surface area contributed by atoms with Crippen LogP contribution in [-0.2, 0) is 7.05 Å². The van der Waals surface area contributed by atoms with E-state index in [2.05, 4.69) is 62.2 Å². The van der Waals surface area contributed by atoms with Gasteiger partial charge >= 0.3 is 0 Å². The quantitative estimate of drug-likeness (QED) is 0.739. The standard InChI is InChI=1S/C12H21N3/c1-13(2)8-7-12(14(3)4)11-6-9-15(5)10-11/h6-7,9-10H,8H2,1-5H3/p+1/b12-7-. The predicted octanol–water partition coefficient (Wildman–Crippen LogP) is 0.0721. The van der Waals surface area contributed by atoms with Crippen LogP contribution in [0, 0.1) is 0 Å². The average molecular weight is 208 g/mol. The van der Waals surface area contributed by atoms with Gasteiger partial charge < -0.3 is 14.4 Å². The van der Waals surface area contributed by atoms with Crippen LogP contribution >= 0.6 is 0 Å². The van der Waals surface area contributed by atoms with Crippen molar-refractivity contribution in [3.8, 4) is 0 Å². The molecule has 0 aromatic carbocycles. The molecule has 0 bridgehead atoms. The summed E-state index contributed by atoms with van der Waals surface area (Å²) in [6, 6.07) is 2.15. The molecule has 1 aromatic heterocycles. The summed E-state index contributed by atoms with van der Waals surface area (Å²) in [5, 5.41) is 0. The predicted molar refractivity (Wildman–Crippen MR) is 64.8 cm³/mol. The van der Waals surface area contributed by atoms with E-state index in [-0.39, 0.29) is 0 Å². The first-order valence-electron chi connectivity index (χ1n) is 5.29. The number of rotatable bonds is 4. The van der Waals surface area contributed by atoms with Gasteiger partial charge in [-0.25, -0.2) is 0 Å². The molecule has 3 heteroatoms. The second-order valence-corrected chi connectivity index (χ2v) is 4.46. The molecule has 84 valence electrons. The van der Waals surface area contributed by atoms with Gasteiger partial charge in [0.2, 0.25) is 0 Å². The summed E-state index contributed by atoms with van der Waals surface area (Å²) >= 11 is 0. The molecule has 3 nitrogen and oxygen atoms in total. The first-order valence-corrected chi connectivity index (χ1v) is 5.29. The van der Waals surface area contributed by atoms with Gasteiger partial charge in [-0.15, -0.1) is 0 Å². The van der Waals surface area contributed by atoms with Crippen molar-refractivity contribution < 1.29 is 4.90 Å². The van der Waals surface area contributed by atoms with Crippen LogP contribution in [0.3, 0.4) is 0 Å². The molecular formula is C12H22N3+. The van der Waals surface area contributed by atoms with Crippen LogP contribution in [0.1, 0.15) is 5.56 Å². The van der Waals surface area contributed by atoms with Crippen LogP contribution in [0.25, 0.3) is 5.70 Å². The van der Waals surface area contributed by atoms with E-state index in [1.807, 2.05) is 7.05 Å². The van der Waals surface area contributed by atoms with E-state index in [9.17, 15) is 0 Å². The zero-order chi connectivity index (χ0) is 11.4. The van der Waals surface area contributed by atoms with Crippen LogP contribution < -0.4 is 4.90 Å². The fourth-order valence-electron chi connectivity index (χ4n) is 1.51. The van der Waals surface area contributed by atoms with Gasteiger partial charge in [-0.2, -0.15) is 0 Å². The van der Waals surface area contributed by atoms with Crippen molar-refractivity contribution in [3.63, 3.8) is 0 Å². The molecule has 0 atom stereocenters. The van der Waals surface area contributed by atoms with Gasteiger partial charge in [-0.05, 0) is 12.1 Å². The van der Waals surface area contributed by atoms with Crippen molar-refractivity contribution in [2.75, 3.05) is 34.7 Å². The summed E-state index contributed by atoms with van der Waals surface area (Å²) in [7, 11) is 10.5. The highest BCUT2D eigenvalue weighted by molar-refractivity contribution is 5.63. The Kier molecular flexibility index (Phi) is 3.97. The summed E-state index contributed by atoms with van der Waals surface area (Å²) < 4.78 is 2.08. The SMILES string of the molecule is CN(C)/C(=C\C[NH+](C)C)c1ccn(C)c1. The zero-order valence-electron chi connectivity index (χ0n) is 10.4. The fraction of sp³-hybridized carbons (Fsp3) is 0.500. The summed E-state index contributed by atoms with van der Waals surface area (Å²) in [6.07, 6.45) is 6.51. The van der Waals surface area contributed by atoms with E-state index in [1.54, 1.807) is 0 Å². The molecule has 1 heterocycles. The molecular weight excluding hydrogens is 186 g/mol. The van der Waals surface area contributed by atoms with Gasteiger partial charge in [0.15, 0.2) is 0 Å². The van der Waals surface area contributed by atoms with Gasteiger partial charge in [-0.3, -0.25) is 0 Å². The Morgan fingerprint density at radius 2 is 2.13 bits per heavy atom. The smallest absolute Gasteiger partial charge is 0.0977 e. The van der Waals surface area contributed by atoms with Gasteiger partial charge in [0, 0.05) is 44.8 Å². The molecule has 15 heavy (non-hydrogen) atoms. The molecule has 0 fully saturated rings. The topological polar surface area (TPSA) is 12.6 Å². The molecule has 0 saturated carbocycles. The fourth-order valence-corrected chi connectivity index (χ4v) is 1.51. The van der Waals surface area contributed by atoms with Crippen molar-refractivity contribution in [1.29, 1.82) is 0 Å². The number of aryl methyl sites for hydroxylation is 1. The van der Waals surface area contributed by atoms with Crippen LogP contribution in [-0.4, -0.2) is 44.2 Å². The lowest BCUT2D eigenvalue weighted by atomic mass is 10.2. The van der Waals surface area contributed by atoms with Gasteiger partial charge in [0.05, 0.1) is 20.6 Å². The average Bonchev–Trinajstić information content (AvgIpc) is 2.51. The van der Waals surface area contributed by atoms with Gasteiger partial charge in [-0.1, -0.05) is 0 Å². The minimum Gasteiger partial charge on any atom is -0.377 e. The first-order chi connectivity index (χ1) is 7.00. The first kappa shape index (κ1) is 11.9. The molecule has 1 N–H and O–H groups in total. The van der Waals surface area contributed by atoms with Crippen molar-refractivity contribution >= 4 is 5.70 Å². The Labute approximate surface area is 92.6 Å². The van der Waals surface area contributed by atoms with Gasteiger partial charge in [0.1, 0.15) is 0 Å². The van der Waals surface area contributed by atoms with Gasteiger partial charge in [0.25, 0.3) is 0 Å². The summed E-state index contributed by atoms with van der Waals surface area (Å²) in [5.74, 6) is 0. The third kappa shape index (κ3) is 3.44. The normalized spacial score (nSPS) is 12.3. The third-order valence-corrected chi connectivity index (χ3v) is 2.31. The molecule has 0 aliphatic carbocycles. The number of aromatic nitrogens is 1. The number of hydrogen-bond donors (Lipinski definition) is 1. The largest absolute Gasteiger partial charge is 0.377 e. The van der Waals surface area contributed by atoms with Crippen molar-refractivity contribution in [3.05, 3.63) is 30.1 Å². The van der Waals surface area contributed by atoms with E-state index in [0.717, 1.165) is 6.54 Å². The number of likely N-dealkylation sites (N-methyl/N-ethyl adjacent to an activating group) is 1. The molecule has 0 spiro atoms. The molecule has 0 unspecified atom stereocenters. The Morgan fingerprint density at radius 3 is 2.53 bits per heavy atom. The maximum Gasteiger partial charge on any atom is 0.0977 e. The highest BCUT2D eigenvalue weighted by atomic mass is 15.1. The molecule has 0 aliphatic heterocycles. The summed E-state index contributed by atoms with van der Waals surface area (Å²) in [6.45, 7) is 1.04. The maximum atomic E-state index is 2.28. The third-order valence-electron chi connectivity index (χ3n) is 2.31.